The largest absolute Gasteiger partial charge is 0.506 e. The first kappa shape index (κ1) is 12.5. The van der Waals surface area contributed by atoms with E-state index in [0.29, 0.717) is 5.75 Å². The summed E-state index contributed by atoms with van der Waals surface area (Å²) in [5.74, 6) is 0.365. The monoisotopic (exact) mass is 259 g/mol. The van der Waals surface area contributed by atoms with Gasteiger partial charge in [-0.3, -0.25) is 4.90 Å². The first-order chi connectivity index (χ1) is 9.15. The number of phenols is 1. The molecule has 1 aromatic carbocycles. The number of aromatic nitrogens is 1. The zero-order chi connectivity index (χ0) is 13.4. The second kappa shape index (κ2) is 4.87. The summed E-state index contributed by atoms with van der Waals surface area (Å²) < 4.78 is 2.11. The highest BCUT2D eigenvalue weighted by molar-refractivity contribution is 5.86. The van der Waals surface area contributed by atoms with Gasteiger partial charge < -0.3 is 14.6 Å². The molecule has 2 aromatic rings. The Morgan fingerprint density at radius 3 is 2.53 bits per heavy atom. The van der Waals surface area contributed by atoms with Gasteiger partial charge in [0.2, 0.25) is 0 Å². The standard InChI is InChI=1S/C15H21N3O/c1-16-6-8-18(9-7-16)11-13-10-12-4-3-5-14(19)15(12)17(13)2/h3-5,10,19H,6-9,11H2,1-2H3. The molecule has 19 heavy (non-hydrogen) atoms. The first-order valence-corrected chi connectivity index (χ1v) is 6.82. The van der Waals surface area contributed by atoms with Crippen molar-refractivity contribution in [2.75, 3.05) is 33.2 Å². The number of rotatable bonds is 2. The van der Waals surface area contributed by atoms with Crippen LogP contribution in [-0.2, 0) is 13.6 Å². The lowest BCUT2D eigenvalue weighted by Gasteiger charge is -2.32. The third-order valence-electron chi connectivity index (χ3n) is 4.12. The number of nitrogens with zero attached hydrogens (tertiary/aromatic N) is 3. The molecule has 0 radical (unpaired) electrons. The van der Waals surface area contributed by atoms with Crippen LogP contribution in [0.2, 0.25) is 0 Å². The first-order valence-electron chi connectivity index (χ1n) is 6.82. The Labute approximate surface area is 113 Å². The van der Waals surface area contributed by atoms with Gasteiger partial charge in [-0.05, 0) is 19.2 Å². The van der Waals surface area contributed by atoms with Gasteiger partial charge in [-0.25, -0.2) is 0 Å². The quantitative estimate of drug-likeness (QED) is 0.889. The lowest BCUT2D eigenvalue weighted by atomic mass is 10.2. The highest BCUT2D eigenvalue weighted by Gasteiger charge is 2.16. The van der Waals surface area contributed by atoms with Crippen molar-refractivity contribution in [1.82, 2.24) is 14.4 Å². The minimum atomic E-state index is 0.365. The van der Waals surface area contributed by atoms with E-state index < -0.39 is 0 Å². The van der Waals surface area contributed by atoms with Crippen molar-refractivity contribution >= 4 is 10.9 Å². The molecular weight excluding hydrogens is 238 g/mol. The maximum atomic E-state index is 9.96. The molecule has 4 nitrogen and oxygen atoms in total. The number of aromatic hydroxyl groups is 1. The number of hydrogen-bond donors (Lipinski definition) is 1. The van der Waals surface area contributed by atoms with Crippen LogP contribution in [0.1, 0.15) is 5.69 Å². The second-order valence-corrected chi connectivity index (χ2v) is 5.49. The van der Waals surface area contributed by atoms with Crippen molar-refractivity contribution in [2.24, 2.45) is 7.05 Å². The number of hydrogen-bond acceptors (Lipinski definition) is 3. The van der Waals surface area contributed by atoms with Crippen LogP contribution in [0, 0.1) is 0 Å². The molecule has 1 aliphatic heterocycles. The minimum absolute atomic E-state index is 0.365. The summed E-state index contributed by atoms with van der Waals surface area (Å²) in [6.07, 6.45) is 0. The van der Waals surface area contributed by atoms with E-state index in [0.717, 1.165) is 43.6 Å². The zero-order valence-electron chi connectivity index (χ0n) is 11.6. The van der Waals surface area contributed by atoms with Gasteiger partial charge in [-0.15, -0.1) is 0 Å². The molecule has 3 rings (SSSR count). The fourth-order valence-corrected chi connectivity index (χ4v) is 2.84. The molecule has 1 aromatic heterocycles. The molecule has 2 heterocycles. The van der Waals surface area contributed by atoms with Gasteiger partial charge >= 0.3 is 0 Å². The van der Waals surface area contributed by atoms with E-state index in [-0.39, 0.29) is 0 Å². The van der Waals surface area contributed by atoms with Gasteiger partial charge in [0.25, 0.3) is 0 Å². The Kier molecular flexibility index (Phi) is 3.21. The van der Waals surface area contributed by atoms with E-state index >= 15 is 0 Å². The number of piperazine rings is 1. The van der Waals surface area contributed by atoms with Crippen LogP contribution in [0.15, 0.2) is 24.3 Å². The van der Waals surface area contributed by atoms with Crippen molar-refractivity contribution in [3.05, 3.63) is 30.0 Å². The predicted octanol–water partition coefficient (Wildman–Crippen LogP) is 1.63. The van der Waals surface area contributed by atoms with Gasteiger partial charge in [0, 0.05) is 50.9 Å². The predicted molar refractivity (Wildman–Crippen MR) is 77.4 cm³/mol. The van der Waals surface area contributed by atoms with Crippen LogP contribution in [0.25, 0.3) is 10.9 Å². The zero-order valence-corrected chi connectivity index (χ0v) is 11.6. The van der Waals surface area contributed by atoms with Gasteiger partial charge in [0.15, 0.2) is 0 Å². The highest BCUT2D eigenvalue weighted by atomic mass is 16.3. The topological polar surface area (TPSA) is 31.6 Å². The smallest absolute Gasteiger partial charge is 0.139 e. The molecule has 0 spiro atoms. The molecule has 0 amide bonds. The fraction of sp³-hybridized carbons (Fsp3) is 0.467. The molecule has 0 atom stereocenters. The average Bonchev–Trinajstić information content (AvgIpc) is 2.71. The second-order valence-electron chi connectivity index (χ2n) is 5.49. The van der Waals surface area contributed by atoms with Crippen LogP contribution in [0.3, 0.4) is 0 Å². The molecule has 0 unspecified atom stereocenters. The molecular formula is C15H21N3O. The molecule has 1 N–H and O–H groups in total. The summed E-state index contributed by atoms with van der Waals surface area (Å²) in [5, 5.41) is 11.1. The SMILES string of the molecule is CN1CCN(Cc2cc3cccc(O)c3n2C)CC1. The van der Waals surface area contributed by atoms with E-state index in [1.165, 1.54) is 5.69 Å². The third-order valence-corrected chi connectivity index (χ3v) is 4.12. The van der Waals surface area contributed by atoms with Crippen molar-refractivity contribution in [3.63, 3.8) is 0 Å². The molecule has 1 fully saturated rings. The summed E-state index contributed by atoms with van der Waals surface area (Å²) in [4.78, 5) is 4.84. The Bertz CT molecular complexity index is 582. The van der Waals surface area contributed by atoms with E-state index in [9.17, 15) is 5.11 Å². The summed E-state index contributed by atoms with van der Waals surface area (Å²) in [5.41, 5.74) is 2.20. The average molecular weight is 259 g/mol. The molecule has 102 valence electrons. The number of benzene rings is 1. The molecule has 1 saturated heterocycles. The van der Waals surface area contributed by atoms with Crippen LogP contribution in [0.5, 0.6) is 5.75 Å². The van der Waals surface area contributed by atoms with E-state index in [1.54, 1.807) is 6.07 Å². The van der Waals surface area contributed by atoms with Gasteiger partial charge in [-0.1, -0.05) is 12.1 Å². The van der Waals surface area contributed by atoms with Crippen LogP contribution < -0.4 is 0 Å². The fourth-order valence-electron chi connectivity index (χ4n) is 2.84. The number of phenolic OH excluding ortho intramolecular Hbond substituents is 1. The maximum Gasteiger partial charge on any atom is 0.139 e. The molecule has 1 aliphatic rings. The normalized spacial score (nSPS) is 18.2. The van der Waals surface area contributed by atoms with E-state index in [2.05, 4.69) is 33.5 Å². The number of para-hydroxylation sites is 1. The number of likely N-dealkylation sites (N-methyl/N-ethyl adjacent to an activating group) is 1. The summed E-state index contributed by atoms with van der Waals surface area (Å²) >= 11 is 0. The van der Waals surface area contributed by atoms with Crippen LogP contribution in [0.4, 0.5) is 0 Å². The molecule has 0 bridgehead atoms. The Morgan fingerprint density at radius 1 is 1.11 bits per heavy atom. The molecule has 4 heteroatoms. The lowest BCUT2D eigenvalue weighted by Crippen LogP contribution is -2.44. The van der Waals surface area contributed by atoms with Crippen molar-refractivity contribution in [2.45, 2.75) is 6.54 Å². The Hall–Kier alpha value is -1.52. The Balaban J connectivity index is 1.85. The minimum Gasteiger partial charge on any atom is -0.506 e. The van der Waals surface area contributed by atoms with Crippen LogP contribution >= 0.6 is 0 Å². The molecule has 0 saturated carbocycles. The van der Waals surface area contributed by atoms with Gasteiger partial charge in [-0.2, -0.15) is 0 Å². The third kappa shape index (κ3) is 2.33. The van der Waals surface area contributed by atoms with Crippen molar-refractivity contribution < 1.29 is 5.11 Å². The van der Waals surface area contributed by atoms with E-state index in [1.807, 2.05) is 13.1 Å². The Morgan fingerprint density at radius 2 is 1.84 bits per heavy atom. The highest BCUT2D eigenvalue weighted by Crippen LogP contribution is 2.27. The van der Waals surface area contributed by atoms with Gasteiger partial charge in [0.1, 0.15) is 5.75 Å². The molecule has 0 aliphatic carbocycles. The number of fused-ring (bicyclic) bond motifs is 1. The van der Waals surface area contributed by atoms with E-state index in [4.69, 9.17) is 0 Å². The summed E-state index contributed by atoms with van der Waals surface area (Å²) in [6, 6.07) is 7.90. The van der Waals surface area contributed by atoms with Crippen molar-refractivity contribution in [3.8, 4) is 5.75 Å². The summed E-state index contributed by atoms with van der Waals surface area (Å²) in [6.45, 7) is 5.46. The van der Waals surface area contributed by atoms with Gasteiger partial charge in [0.05, 0.1) is 5.52 Å². The number of aryl methyl sites for hydroxylation is 1. The van der Waals surface area contributed by atoms with Crippen LogP contribution in [-0.4, -0.2) is 52.7 Å². The van der Waals surface area contributed by atoms with Crippen molar-refractivity contribution in [1.29, 1.82) is 0 Å². The maximum absolute atomic E-state index is 9.96. The lowest BCUT2D eigenvalue weighted by molar-refractivity contribution is 0.146. The summed E-state index contributed by atoms with van der Waals surface area (Å²) in [7, 11) is 4.21.